The molecular formula is C24H26N2O2S. The molecule has 1 aliphatic carbocycles. The highest BCUT2D eigenvalue weighted by Gasteiger charge is 2.33. The summed E-state index contributed by atoms with van der Waals surface area (Å²) >= 11 is 0. The van der Waals surface area contributed by atoms with E-state index in [-0.39, 0.29) is 0 Å². The topological polar surface area (TPSA) is 50.3 Å². The highest BCUT2D eigenvalue weighted by atomic mass is 32.2. The lowest BCUT2D eigenvalue weighted by molar-refractivity contribution is 0.590. The molecule has 0 saturated carbocycles. The third-order valence-electron chi connectivity index (χ3n) is 5.65. The largest absolute Gasteiger partial charge is 0.265 e. The predicted molar refractivity (Wildman–Crippen MR) is 118 cm³/mol. The van der Waals surface area contributed by atoms with E-state index in [1.54, 1.807) is 18.3 Å². The van der Waals surface area contributed by atoms with Gasteiger partial charge < -0.3 is 0 Å². The van der Waals surface area contributed by atoms with Gasteiger partial charge in [0.25, 0.3) is 10.0 Å². The number of hydrogen-bond acceptors (Lipinski definition) is 3. The van der Waals surface area contributed by atoms with Gasteiger partial charge in [0.15, 0.2) is 0 Å². The predicted octanol–water partition coefficient (Wildman–Crippen LogP) is 5.43. The van der Waals surface area contributed by atoms with Crippen LogP contribution in [0, 0.1) is 6.92 Å². The molecule has 1 aromatic heterocycles. The van der Waals surface area contributed by atoms with Gasteiger partial charge in [0, 0.05) is 18.3 Å². The lowest BCUT2D eigenvalue weighted by atomic mass is 9.97. The summed E-state index contributed by atoms with van der Waals surface area (Å²) in [5.41, 5.74) is 6.77. The normalized spacial score (nSPS) is 16.2. The van der Waals surface area contributed by atoms with Crippen LogP contribution in [0.3, 0.4) is 0 Å². The van der Waals surface area contributed by atoms with Crippen LogP contribution in [0.5, 0.6) is 0 Å². The van der Waals surface area contributed by atoms with Gasteiger partial charge in [0.1, 0.15) is 5.82 Å². The van der Waals surface area contributed by atoms with Gasteiger partial charge >= 0.3 is 0 Å². The number of fused-ring (bicyclic) bond motifs is 2. The van der Waals surface area contributed by atoms with E-state index in [2.05, 4.69) is 24.6 Å². The van der Waals surface area contributed by atoms with Crippen LogP contribution in [0.25, 0.3) is 5.57 Å². The summed E-state index contributed by atoms with van der Waals surface area (Å²) in [6.45, 7) is 8.73. The van der Waals surface area contributed by atoms with E-state index in [4.69, 9.17) is 0 Å². The number of allylic oxidation sites excluding steroid dienone is 4. The molecule has 0 amide bonds. The van der Waals surface area contributed by atoms with Crippen molar-refractivity contribution in [3.8, 4) is 0 Å². The highest BCUT2D eigenvalue weighted by Crippen LogP contribution is 2.44. The zero-order valence-corrected chi connectivity index (χ0v) is 17.8. The summed E-state index contributed by atoms with van der Waals surface area (Å²) in [7, 11) is -3.68. The van der Waals surface area contributed by atoms with Crippen molar-refractivity contribution in [1.29, 1.82) is 0 Å². The van der Waals surface area contributed by atoms with E-state index in [1.807, 2.05) is 31.2 Å². The molecule has 4 nitrogen and oxygen atoms in total. The summed E-state index contributed by atoms with van der Waals surface area (Å²) in [4.78, 5) is 4.80. The summed E-state index contributed by atoms with van der Waals surface area (Å²) in [6.07, 6.45) is 7.40. The number of sulfonamides is 1. The molecule has 0 unspecified atom stereocenters. The fourth-order valence-electron chi connectivity index (χ4n) is 4.06. The van der Waals surface area contributed by atoms with Crippen LogP contribution < -0.4 is 4.31 Å². The Morgan fingerprint density at radius 3 is 2.69 bits per heavy atom. The molecular weight excluding hydrogens is 380 g/mol. The smallest absolute Gasteiger partial charge is 0.249 e. The van der Waals surface area contributed by atoms with Gasteiger partial charge in [0.2, 0.25) is 0 Å². The first-order valence-electron chi connectivity index (χ1n) is 10.1. The molecule has 2 aliphatic rings. The van der Waals surface area contributed by atoms with Gasteiger partial charge in [-0.05, 0) is 67.2 Å². The van der Waals surface area contributed by atoms with Gasteiger partial charge in [-0.3, -0.25) is 0 Å². The van der Waals surface area contributed by atoms with Crippen molar-refractivity contribution in [2.75, 3.05) is 10.8 Å². The van der Waals surface area contributed by atoms with Crippen molar-refractivity contribution in [2.45, 2.75) is 44.4 Å². The number of nitrogens with zero attached hydrogens (tertiary/aromatic N) is 2. The number of aryl methyl sites for hydroxylation is 1. The van der Waals surface area contributed by atoms with Crippen LogP contribution in [-0.4, -0.2) is 19.9 Å². The summed E-state index contributed by atoms with van der Waals surface area (Å²) < 4.78 is 28.3. The Bertz CT molecular complexity index is 1130. The zero-order valence-electron chi connectivity index (χ0n) is 17.0. The Morgan fingerprint density at radius 2 is 1.97 bits per heavy atom. The second kappa shape index (κ2) is 7.64. The molecule has 0 bridgehead atoms. The molecule has 4 rings (SSSR count). The lowest BCUT2D eigenvalue weighted by Crippen LogP contribution is -2.33. The van der Waals surface area contributed by atoms with Crippen molar-refractivity contribution in [3.63, 3.8) is 0 Å². The molecule has 150 valence electrons. The molecule has 1 aliphatic heterocycles. The van der Waals surface area contributed by atoms with Crippen LogP contribution in [-0.2, 0) is 10.0 Å². The van der Waals surface area contributed by atoms with Crippen molar-refractivity contribution < 1.29 is 8.42 Å². The Kier molecular flexibility index (Phi) is 5.17. The van der Waals surface area contributed by atoms with Crippen LogP contribution in [0.1, 0.15) is 43.7 Å². The minimum atomic E-state index is -3.68. The maximum absolute atomic E-state index is 13.4. The molecule has 29 heavy (non-hydrogen) atoms. The second-order valence-corrected chi connectivity index (χ2v) is 9.58. The van der Waals surface area contributed by atoms with Crippen molar-refractivity contribution in [2.24, 2.45) is 0 Å². The molecule has 0 saturated heterocycles. The maximum Gasteiger partial charge on any atom is 0.265 e. The van der Waals surface area contributed by atoms with Gasteiger partial charge in [-0.2, -0.15) is 0 Å². The fraction of sp³-hybridized carbons (Fsp3) is 0.292. The van der Waals surface area contributed by atoms with Crippen LogP contribution in [0.15, 0.2) is 76.9 Å². The minimum Gasteiger partial charge on any atom is -0.249 e. The summed E-state index contributed by atoms with van der Waals surface area (Å²) in [5.74, 6) is 0.522. The van der Waals surface area contributed by atoms with Crippen molar-refractivity contribution in [1.82, 2.24) is 4.98 Å². The van der Waals surface area contributed by atoms with E-state index in [1.165, 1.54) is 26.6 Å². The molecule has 0 fully saturated rings. The third-order valence-corrected chi connectivity index (χ3v) is 7.45. The van der Waals surface area contributed by atoms with E-state index < -0.39 is 10.0 Å². The van der Waals surface area contributed by atoms with Crippen LogP contribution in [0.4, 0.5) is 5.82 Å². The third kappa shape index (κ3) is 3.55. The Morgan fingerprint density at radius 1 is 1.21 bits per heavy atom. The molecule has 2 heterocycles. The Balaban J connectivity index is 1.74. The number of pyridine rings is 1. The average Bonchev–Trinajstić information content (AvgIpc) is 3.06. The molecule has 0 spiro atoms. The van der Waals surface area contributed by atoms with Gasteiger partial charge in [-0.1, -0.05) is 49.3 Å². The molecule has 0 atom stereocenters. The molecule has 5 heteroatoms. The number of hydrogen-bond donors (Lipinski definition) is 0. The first kappa shape index (κ1) is 19.6. The number of benzene rings is 1. The SMILES string of the molecule is C=C(CCC)C1=CC2=C(C1)c1cccnc1N(S(=O)(=O)c1ccc(C)cc1)CC2. The molecule has 0 N–H and O–H groups in total. The fourth-order valence-corrected chi connectivity index (χ4v) is 5.50. The van der Waals surface area contributed by atoms with Crippen molar-refractivity contribution in [3.05, 3.63) is 83.1 Å². The van der Waals surface area contributed by atoms with Gasteiger partial charge in [-0.25, -0.2) is 17.7 Å². The van der Waals surface area contributed by atoms with Crippen LogP contribution >= 0.6 is 0 Å². The number of anilines is 1. The van der Waals surface area contributed by atoms with Crippen molar-refractivity contribution >= 4 is 21.4 Å². The van der Waals surface area contributed by atoms with Crippen LogP contribution in [0.2, 0.25) is 0 Å². The standard InChI is InChI=1S/C24H26N2O2S/c1-4-6-18(3)20-15-19-12-14-26(24-22(23(19)16-20)7-5-13-25-24)29(27,28)21-10-8-17(2)9-11-21/h5,7-11,13,15H,3-4,6,12,14,16H2,1-2H3. The molecule has 1 aromatic carbocycles. The Hall–Kier alpha value is -2.66. The average molecular weight is 407 g/mol. The van der Waals surface area contributed by atoms with E-state index in [0.29, 0.717) is 23.7 Å². The molecule has 0 radical (unpaired) electrons. The number of rotatable bonds is 5. The summed E-state index contributed by atoms with van der Waals surface area (Å²) in [5, 5.41) is 0. The van der Waals surface area contributed by atoms with E-state index in [0.717, 1.165) is 30.4 Å². The zero-order chi connectivity index (χ0) is 20.6. The van der Waals surface area contributed by atoms with E-state index >= 15 is 0 Å². The second-order valence-electron chi connectivity index (χ2n) is 7.72. The number of aromatic nitrogens is 1. The Labute approximate surface area is 173 Å². The summed E-state index contributed by atoms with van der Waals surface area (Å²) in [6, 6.07) is 10.9. The lowest BCUT2D eigenvalue weighted by Gasteiger charge is -2.24. The molecule has 2 aromatic rings. The van der Waals surface area contributed by atoms with E-state index in [9.17, 15) is 8.42 Å². The first-order chi connectivity index (χ1) is 13.9. The quantitative estimate of drug-likeness (QED) is 0.665. The monoisotopic (exact) mass is 406 g/mol. The maximum atomic E-state index is 13.4. The van der Waals surface area contributed by atoms with Gasteiger partial charge in [-0.15, -0.1) is 0 Å². The van der Waals surface area contributed by atoms with Gasteiger partial charge in [0.05, 0.1) is 4.90 Å². The highest BCUT2D eigenvalue weighted by molar-refractivity contribution is 7.92. The first-order valence-corrected chi connectivity index (χ1v) is 11.5. The minimum absolute atomic E-state index is 0.300.